The van der Waals surface area contributed by atoms with E-state index in [-0.39, 0.29) is 11.8 Å². The summed E-state index contributed by atoms with van der Waals surface area (Å²) in [6.07, 6.45) is 4.24. The molecule has 0 spiro atoms. The highest BCUT2D eigenvalue weighted by Crippen LogP contribution is 2.36. The molecule has 3 atom stereocenters. The molecule has 3 unspecified atom stereocenters. The second-order valence-electron chi connectivity index (χ2n) is 8.58. The maximum atomic E-state index is 12.3. The Labute approximate surface area is 195 Å². The molecule has 0 bridgehead atoms. The van der Waals surface area contributed by atoms with Crippen molar-refractivity contribution in [3.05, 3.63) is 11.6 Å². The first kappa shape index (κ1) is 24.3. The van der Waals surface area contributed by atoms with Crippen LogP contribution in [0.15, 0.2) is 6.33 Å². The van der Waals surface area contributed by atoms with Crippen LogP contribution in [0.2, 0.25) is 5.28 Å². The van der Waals surface area contributed by atoms with Gasteiger partial charge in [0.2, 0.25) is 11.2 Å². The minimum absolute atomic E-state index is 0.00382. The van der Waals surface area contributed by atoms with Gasteiger partial charge in [0.05, 0.1) is 12.4 Å². The van der Waals surface area contributed by atoms with Crippen molar-refractivity contribution in [3.8, 4) is 0 Å². The van der Waals surface area contributed by atoms with E-state index in [0.717, 1.165) is 17.7 Å². The molecule has 1 saturated heterocycles. The van der Waals surface area contributed by atoms with E-state index in [1.807, 2.05) is 0 Å². The van der Waals surface area contributed by atoms with Crippen LogP contribution >= 0.6 is 19.2 Å². The Morgan fingerprint density at radius 3 is 2.73 bits per heavy atom. The summed E-state index contributed by atoms with van der Waals surface area (Å²) in [6.45, 7) is 1.37. The van der Waals surface area contributed by atoms with Crippen LogP contribution in [0.25, 0.3) is 11.2 Å². The summed E-state index contributed by atoms with van der Waals surface area (Å²) in [4.78, 5) is 44.6. The number of amides is 1. The Bertz CT molecular complexity index is 1050. The number of carbonyl (C=O) groups excluding carboxylic acids is 1. The third-order valence-corrected chi connectivity index (χ3v) is 6.85. The van der Waals surface area contributed by atoms with Gasteiger partial charge in [-0.1, -0.05) is 12.8 Å². The summed E-state index contributed by atoms with van der Waals surface area (Å²) in [5.41, 5.74) is 1.13. The number of hydrogen-bond donors (Lipinski definition) is 4. The van der Waals surface area contributed by atoms with E-state index in [1.165, 1.54) is 19.8 Å². The number of aliphatic hydroxyl groups is 1. The van der Waals surface area contributed by atoms with Gasteiger partial charge in [-0.3, -0.25) is 13.9 Å². The number of anilines is 1. The van der Waals surface area contributed by atoms with Gasteiger partial charge in [0.25, 0.3) is 0 Å². The van der Waals surface area contributed by atoms with Gasteiger partial charge in [0, 0.05) is 12.6 Å². The summed E-state index contributed by atoms with van der Waals surface area (Å²) in [5, 5.41) is 13.5. The van der Waals surface area contributed by atoms with E-state index in [4.69, 9.17) is 26.1 Å². The van der Waals surface area contributed by atoms with Crippen molar-refractivity contribution in [1.29, 1.82) is 0 Å². The van der Waals surface area contributed by atoms with Gasteiger partial charge in [0.15, 0.2) is 17.0 Å². The lowest BCUT2D eigenvalue weighted by molar-refractivity contribution is -0.141. The van der Waals surface area contributed by atoms with Crippen LogP contribution < -0.4 is 5.32 Å². The highest BCUT2D eigenvalue weighted by Gasteiger charge is 2.34. The average molecular weight is 503 g/mol. The predicted octanol–water partition coefficient (Wildman–Crippen LogP) is 1.86. The minimum Gasteiger partial charge on any atom is -0.374 e. The summed E-state index contributed by atoms with van der Waals surface area (Å²) in [6, 6.07) is 0.327. The smallest absolute Gasteiger partial charge is 0.334 e. The van der Waals surface area contributed by atoms with Crippen molar-refractivity contribution in [1.82, 2.24) is 24.4 Å². The molecule has 14 heteroatoms. The second-order valence-corrected chi connectivity index (χ2v) is 10.6. The number of halogens is 1. The monoisotopic (exact) mass is 502 g/mol. The van der Waals surface area contributed by atoms with E-state index >= 15 is 0 Å². The molecule has 2 aromatic heterocycles. The van der Waals surface area contributed by atoms with Crippen LogP contribution in [0.5, 0.6) is 0 Å². The van der Waals surface area contributed by atoms with Gasteiger partial charge in [0.1, 0.15) is 18.6 Å². The third kappa shape index (κ3) is 5.82. The van der Waals surface area contributed by atoms with Crippen LogP contribution in [0.3, 0.4) is 0 Å². The predicted molar refractivity (Wildman–Crippen MR) is 120 cm³/mol. The number of fused-ring (bicyclic) bond motifs is 1. The summed E-state index contributed by atoms with van der Waals surface area (Å²) in [7, 11) is -4.55. The Balaban J connectivity index is 1.48. The van der Waals surface area contributed by atoms with Crippen LogP contribution in [0, 0.1) is 0 Å². The molecule has 3 heterocycles. The molecule has 33 heavy (non-hydrogen) atoms. The lowest BCUT2D eigenvalue weighted by Gasteiger charge is -2.28. The number of ether oxygens (including phenoxy) is 1. The maximum absolute atomic E-state index is 12.3. The molecule has 12 nitrogen and oxygen atoms in total. The second kappa shape index (κ2) is 9.81. The van der Waals surface area contributed by atoms with Crippen LogP contribution in [-0.4, -0.2) is 76.3 Å². The van der Waals surface area contributed by atoms with Gasteiger partial charge in [-0.05, 0) is 44.2 Å². The largest absolute Gasteiger partial charge is 0.374 e. The normalized spacial score (nSPS) is 22.7. The zero-order chi connectivity index (χ0) is 23.8. The molecule has 4 rings (SSSR count). The van der Waals surface area contributed by atoms with Crippen molar-refractivity contribution in [3.63, 3.8) is 0 Å². The molecule has 4 N–H and O–H groups in total. The fourth-order valence-electron chi connectivity index (χ4n) is 4.44. The number of hydrogen-bond acceptors (Lipinski definition) is 8. The molecule has 0 aromatic carbocycles. The quantitative estimate of drug-likeness (QED) is 0.238. The van der Waals surface area contributed by atoms with Crippen LogP contribution in [0.1, 0.15) is 51.7 Å². The van der Waals surface area contributed by atoms with Gasteiger partial charge < -0.3 is 29.8 Å². The van der Waals surface area contributed by atoms with Crippen LogP contribution in [-0.2, 0) is 14.1 Å². The van der Waals surface area contributed by atoms with Crippen molar-refractivity contribution < 1.29 is 29.0 Å². The molecule has 1 amide bonds. The van der Waals surface area contributed by atoms with Gasteiger partial charge >= 0.3 is 7.60 Å². The van der Waals surface area contributed by atoms with E-state index in [2.05, 4.69) is 20.3 Å². The van der Waals surface area contributed by atoms with E-state index < -0.39 is 38.2 Å². The first-order valence-corrected chi connectivity index (χ1v) is 13.1. The fraction of sp³-hybridized carbons (Fsp3) is 0.684. The number of aliphatic hydroxyl groups excluding tert-OH is 1. The first-order chi connectivity index (χ1) is 15.6. The van der Waals surface area contributed by atoms with Crippen molar-refractivity contribution in [2.75, 3.05) is 18.0 Å². The van der Waals surface area contributed by atoms with Crippen molar-refractivity contribution in [2.24, 2.45) is 0 Å². The third-order valence-electron chi connectivity index (χ3n) is 6.00. The zero-order valence-corrected chi connectivity index (χ0v) is 19.8. The standard InChI is InChI=1S/C19H28ClN6O6P/c1-11(27)25(14(28)9-33(29,30)31)8-13-6-7-15(32-13)26-10-21-16-17(22-12-4-2-3-5-12)23-19(20)24-18(16)26/h10-13,15,27H,2-9H2,1H3,(H,22,23,24)(H2,29,30,31). The topological polar surface area (TPSA) is 163 Å². The molecule has 1 aliphatic heterocycles. The molecule has 1 saturated carbocycles. The van der Waals surface area contributed by atoms with Crippen LogP contribution in [0.4, 0.5) is 5.82 Å². The summed E-state index contributed by atoms with van der Waals surface area (Å²) >= 11 is 6.18. The molecular weight excluding hydrogens is 475 g/mol. The Morgan fingerprint density at radius 1 is 1.33 bits per heavy atom. The lowest BCUT2D eigenvalue weighted by Crippen LogP contribution is -2.44. The number of aromatic nitrogens is 4. The van der Waals surface area contributed by atoms with Gasteiger partial charge in [-0.25, -0.2) is 4.98 Å². The summed E-state index contributed by atoms with van der Waals surface area (Å²) in [5.74, 6) is -0.242. The first-order valence-electron chi connectivity index (χ1n) is 10.9. The SMILES string of the molecule is CC(O)N(CC1CCC(n2cnc3c(NC4CCCC4)nc(Cl)nc32)O1)C(=O)CP(=O)(O)O. The van der Waals surface area contributed by atoms with Gasteiger partial charge in [-0.15, -0.1) is 0 Å². The molecule has 0 radical (unpaired) electrons. The van der Waals surface area contributed by atoms with E-state index in [1.54, 1.807) is 10.9 Å². The summed E-state index contributed by atoms with van der Waals surface area (Å²) < 4.78 is 19.1. The number of carbonyl (C=O) groups is 1. The maximum Gasteiger partial charge on any atom is 0.334 e. The number of imidazole rings is 1. The molecular formula is C19H28ClN6O6P. The number of nitrogens with one attached hydrogen (secondary N) is 1. The molecule has 2 fully saturated rings. The van der Waals surface area contributed by atoms with E-state index in [0.29, 0.717) is 35.9 Å². The Morgan fingerprint density at radius 2 is 2.06 bits per heavy atom. The number of rotatable bonds is 8. The molecule has 182 valence electrons. The van der Waals surface area contributed by atoms with Crippen molar-refractivity contribution >= 4 is 42.1 Å². The fourth-order valence-corrected chi connectivity index (χ4v) is 5.14. The lowest BCUT2D eigenvalue weighted by atomic mass is 10.2. The van der Waals surface area contributed by atoms with E-state index in [9.17, 15) is 14.5 Å². The highest BCUT2D eigenvalue weighted by atomic mass is 35.5. The zero-order valence-electron chi connectivity index (χ0n) is 18.2. The number of nitrogens with zero attached hydrogens (tertiary/aromatic N) is 5. The molecule has 2 aromatic rings. The molecule has 1 aliphatic carbocycles. The van der Waals surface area contributed by atoms with Gasteiger partial charge in [-0.2, -0.15) is 9.97 Å². The highest BCUT2D eigenvalue weighted by molar-refractivity contribution is 7.52. The Kier molecular flexibility index (Phi) is 7.23. The minimum atomic E-state index is -4.55. The average Bonchev–Trinajstić information content (AvgIpc) is 3.44. The molecule has 2 aliphatic rings. The Hall–Kier alpha value is -1.82. The van der Waals surface area contributed by atoms with Crippen molar-refractivity contribution in [2.45, 2.75) is 70.1 Å².